The molecule has 3 nitrogen and oxygen atoms in total. The Labute approximate surface area is 124 Å². The fourth-order valence-electron chi connectivity index (χ4n) is 1.76. The molecule has 21 heavy (non-hydrogen) atoms. The molecule has 0 spiro atoms. The predicted octanol–water partition coefficient (Wildman–Crippen LogP) is 4.18. The first-order chi connectivity index (χ1) is 9.91. The number of carbonyl (C=O) groups excluding carboxylic acids is 1. The van der Waals surface area contributed by atoms with Gasteiger partial charge in [-0.1, -0.05) is 36.4 Å². The van der Waals surface area contributed by atoms with Crippen molar-refractivity contribution < 1.29 is 9.53 Å². The molecular formula is C18H17NO2. The van der Waals surface area contributed by atoms with E-state index in [1.54, 1.807) is 32.9 Å². The second-order valence-corrected chi connectivity index (χ2v) is 5.83. The first-order valence-electron chi connectivity index (χ1n) is 6.73. The van der Waals surface area contributed by atoms with Gasteiger partial charge in [0.25, 0.3) is 0 Å². The Morgan fingerprint density at radius 2 is 1.71 bits per heavy atom. The summed E-state index contributed by atoms with van der Waals surface area (Å²) in [6.07, 6.45) is 0. The zero-order valence-electron chi connectivity index (χ0n) is 12.4. The lowest BCUT2D eigenvalue weighted by molar-refractivity contribution is -0.143. The molecule has 2 aromatic carbocycles. The van der Waals surface area contributed by atoms with Gasteiger partial charge in [0.2, 0.25) is 0 Å². The molecule has 2 rings (SSSR count). The van der Waals surface area contributed by atoms with Crippen LogP contribution in [0.3, 0.4) is 0 Å². The van der Waals surface area contributed by atoms with Crippen LogP contribution in [-0.2, 0) is 4.79 Å². The molecule has 0 bridgehead atoms. The zero-order chi connectivity index (χ0) is 15.5. The number of benzene rings is 2. The second kappa shape index (κ2) is 5.80. The van der Waals surface area contributed by atoms with Gasteiger partial charge in [0.1, 0.15) is 11.8 Å². The van der Waals surface area contributed by atoms with Gasteiger partial charge in [0.15, 0.2) is 0 Å². The normalized spacial score (nSPS) is 10.8. The molecule has 0 saturated carbocycles. The van der Waals surface area contributed by atoms with Crippen molar-refractivity contribution in [1.29, 1.82) is 5.26 Å². The second-order valence-electron chi connectivity index (χ2n) is 5.83. The molecule has 0 atom stereocenters. The van der Waals surface area contributed by atoms with Crippen LogP contribution >= 0.6 is 0 Å². The van der Waals surface area contributed by atoms with Crippen LogP contribution in [0.25, 0.3) is 11.1 Å². The quantitative estimate of drug-likeness (QED) is 0.612. The number of nitriles is 1. The van der Waals surface area contributed by atoms with Crippen molar-refractivity contribution in [1.82, 2.24) is 0 Å². The number of hydrogen-bond acceptors (Lipinski definition) is 3. The van der Waals surface area contributed by atoms with Crippen LogP contribution in [0.4, 0.5) is 0 Å². The number of nitrogens with zero attached hydrogens (tertiary/aromatic N) is 1. The van der Waals surface area contributed by atoms with Gasteiger partial charge in [-0.2, -0.15) is 5.26 Å². The van der Waals surface area contributed by atoms with Crippen molar-refractivity contribution in [2.45, 2.75) is 20.8 Å². The minimum absolute atomic E-state index is 0.304. The number of carbonyl (C=O) groups is 1. The highest BCUT2D eigenvalue weighted by molar-refractivity contribution is 5.79. The van der Waals surface area contributed by atoms with E-state index in [1.165, 1.54) is 0 Å². The summed E-state index contributed by atoms with van der Waals surface area (Å²) in [6.45, 7) is 5.34. The van der Waals surface area contributed by atoms with Crippen molar-refractivity contribution >= 4 is 5.97 Å². The molecule has 0 amide bonds. The number of esters is 1. The van der Waals surface area contributed by atoms with Gasteiger partial charge in [-0.05, 0) is 44.0 Å². The van der Waals surface area contributed by atoms with Crippen LogP contribution in [0, 0.1) is 16.7 Å². The van der Waals surface area contributed by atoms with Crippen LogP contribution in [0.2, 0.25) is 0 Å². The lowest BCUT2D eigenvalue weighted by atomic mass is 9.97. The van der Waals surface area contributed by atoms with Crippen LogP contribution in [0.15, 0.2) is 48.5 Å². The van der Waals surface area contributed by atoms with E-state index in [-0.39, 0.29) is 5.97 Å². The summed E-state index contributed by atoms with van der Waals surface area (Å²) in [6, 6.07) is 17.1. The van der Waals surface area contributed by atoms with Gasteiger partial charge in [-0.15, -0.1) is 0 Å². The van der Waals surface area contributed by atoms with Crippen molar-refractivity contribution in [3.63, 3.8) is 0 Å². The van der Waals surface area contributed by atoms with E-state index < -0.39 is 5.41 Å². The Morgan fingerprint density at radius 3 is 2.29 bits per heavy atom. The van der Waals surface area contributed by atoms with Gasteiger partial charge in [-0.3, -0.25) is 4.79 Å². The van der Waals surface area contributed by atoms with Crippen molar-refractivity contribution in [2.24, 2.45) is 5.41 Å². The maximum Gasteiger partial charge on any atom is 0.316 e. The average Bonchev–Trinajstić information content (AvgIpc) is 2.47. The molecule has 0 N–H and O–H groups in total. The summed E-state index contributed by atoms with van der Waals surface area (Å²) < 4.78 is 5.40. The van der Waals surface area contributed by atoms with E-state index >= 15 is 0 Å². The Bertz CT molecular complexity index is 691. The van der Waals surface area contributed by atoms with E-state index in [1.807, 2.05) is 36.4 Å². The molecule has 0 aliphatic heterocycles. The molecule has 0 aromatic heterocycles. The Kier molecular flexibility index (Phi) is 4.09. The number of ether oxygens (including phenoxy) is 1. The Morgan fingerprint density at radius 1 is 1.05 bits per heavy atom. The molecule has 0 heterocycles. The molecule has 2 aromatic rings. The lowest BCUT2D eigenvalue weighted by Gasteiger charge is -2.17. The summed E-state index contributed by atoms with van der Waals surface area (Å²) in [5.74, 6) is -0.0528. The molecule has 106 valence electrons. The summed E-state index contributed by atoms with van der Waals surface area (Å²) in [7, 11) is 0. The van der Waals surface area contributed by atoms with E-state index in [0.29, 0.717) is 11.3 Å². The summed E-state index contributed by atoms with van der Waals surface area (Å²) in [5, 5.41) is 9.15. The van der Waals surface area contributed by atoms with Crippen molar-refractivity contribution in [3.8, 4) is 22.9 Å². The molecule has 0 aliphatic carbocycles. The fourth-order valence-corrected chi connectivity index (χ4v) is 1.76. The predicted molar refractivity (Wildman–Crippen MR) is 81.7 cm³/mol. The van der Waals surface area contributed by atoms with Gasteiger partial charge in [-0.25, -0.2) is 0 Å². The van der Waals surface area contributed by atoms with E-state index in [4.69, 9.17) is 10.00 Å². The molecule has 0 aliphatic rings. The SMILES string of the molecule is CC(C)(C)C(=O)Oc1cc(-c2ccccc2)ccc1C#N. The third kappa shape index (κ3) is 3.49. The smallest absolute Gasteiger partial charge is 0.316 e. The molecule has 3 heteroatoms. The Hall–Kier alpha value is -2.60. The van der Waals surface area contributed by atoms with Crippen LogP contribution < -0.4 is 4.74 Å². The van der Waals surface area contributed by atoms with Gasteiger partial charge in [0.05, 0.1) is 11.0 Å². The maximum absolute atomic E-state index is 12.0. The molecule has 0 fully saturated rings. The third-order valence-electron chi connectivity index (χ3n) is 3.02. The standard InChI is InChI=1S/C18H17NO2/c1-18(2,3)17(20)21-16-11-14(9-10-15(16)12-19)13-7-5-4-6-8-13/h4-11H,1-3H3. The van der Waals surface area contributed by atoms with Crippen LogP contribution in [-0.4, -0.2) is 5.97 Å². The molecular weight excluding hydrogens is 262 g/mol. The highest BCUT2D eigenvalue weighted by atomic mass is 16.5. The highest BCUT2D eigenvalue weighted by Gasteiger charge is 2.24. The van der Waals surface area contributed by atoms with E-state index in [2.05, 4.69) is 6.07 Å². The van der Waals surface area contributed by atoms with Crippen molar-refractivity contribution in [3.05, 3.63) is 54.1 Å². The Balaban J connectivity index is 2.40. The van der Waals surface area contributed by atoms with Crippen LogP contribution in [0.5, 0.6) is 5.75 Å². The minimum atomic E-state index is -0.616. The summed E-state index contributed by atoms with van der Waals surface area (Å²) >= 11 is 0. The van der Waals surface area contributed by atoms with Crippen molar-refractivity contribution in [2.75, 3.05) is 0 Å². The molecule has 0 saturated heterocycles. The maximum atomic E-state index is 12.0. The van der Waals surface area contributed by atoms with E-state index in [9.17, 15) is 4.79 Å². The van der Waals surface area contributed by atoms with Crippen LogP contribution in [0.1, 0.15) is 26.3 Å². The highest BCUT2D eigenvalue weighted by Crippen LogP contribution is 2.28. The average molecular weight is 279 g/mol. The summed E-state index contributed by atoms with van der Waals surface area (Å²) in [5.41, 5.74) is 1.66. The minimum Gasteiger partial charge on any atom is -0.425 e. The fraction of sp³-hybridized carbons (Fsp3) is 0.222. The summed E-state index contributed by atoms with van der Waals surface area (Å²) in [4.78, 5) is 12.0. The molecule has 0 radical (unpaired) electrons. The first-order valence-corrected chi connectivity index (χ1v) is 6.73. The van der Waals surface area contributed by atoms with E-state index in [0.717, 1.165) is 11.1 Å². The lowest BCUT2D eigenvalue weighted by Crippen LogP contribution is -2.25. The van der Waals surface area contributed by atoms with Gasteiger partial charge in [0, 0.05) is 0 Å². The first kappa shape index (κ1) is 14.8. The number of hydrogen-bond donors (Lipinski definition) is 0. The number of rotatable bonds is 2. The molecule has 0 unspecified atom stereocenters. The largest absolute Gasteiger partial charge is 0.425 e. The zero-order valence-corrected chi connectivity index (χ0v) is 12.4. The topological polar surface area (TPSA) is 50.1 Å². The monoisotopic (exact) mass is 279 g/mol. The van der Waals surface area contributed by atoms with Gasteiger partial charge < -0.3 is 4.74 Å². The van der Waals surface area contributed by atoms with Gasteiger partial charge >= 0.3 is 5.97 Å². The third-order valence-corrected chi connectivity index (χ3v) is 3.02.